The van der Waals surface area contributed by atoms with E-state index in [1.807, 2.05) is 0 Å². The van der Waals surface area contributed by atoms with Crippen molar-refractivity contribution >= 4 is 11.9 Å². The molecule has 2 rings (SSSR count). The molecule has 1 atom stereocenters. The maximum Gasteiger partial charge on any atom is 0.337 e. The second-order valence-electron chi connectivity index (χ2n) is 5.88. The maximum atomic E-state index is 12.1. The van der Waals surface area contributed by atoms with Crippen LogP contribution in [-0.2, 0) is 34.0 Å². The van der Waals surface area contributed by atoms with Crippen molar-refractivity contribution in [2.75, 3.05) is 13.7 Å². The van der Waals surface area contributed by atoms with E-state index in [0.29, 0.717) is 24.4 Å². The third-order valence-electron chi connectivity index (χ3n) is 3.68. The minimum absolute atomic E-state index is 0.0691. The van der Waals surface area contributed by atoms with E-state index in [4.69, 9.17) is 14.6 Å². The Kier molecular flexibility index (Phi) is 7.83. The van der Waals surface area contributed by atoms with Crippen LogP contribution in [0.15, 0.2) is 24.7 Å². The second-order valence-corrected chi connectivity index (χ2v) is 5.88. The SMILES string of the molecule is COCCCn1cc(COC(C)C(=O)NCc2cncc(C(=O)O)c2)nn1. The van der Waals surface area contributed by atoms with Gasteiger partial charge in [-0.15, -0.1) is 5.10 Å². The second kappa shape index (κ2) is 10.3. The maximum absolute atomic E-state index is 12.1. The lowest BCUT2D eigenvalue weighted by Crippen LogP contribution is -2.34. The van der Waals surface area contributed by atoms with Crippen molar-refractivity contribution in [1.82, 2.24) is 25.3 Å². The number of methoxy groups -OCH3 is 1. The standard InChI is InChI=1S/C17H23N5O5/c1-12(27-11-15-10-22(21-20-15)4-3-5-26-2)16(23)19-8-13-6-14(17(24)25)9-18-7-13/h6-7,9-10,12H,3-5,8,11H2,1-2H3,(H,19,23)(H,24,25). The van der Waals surface area contributed by atoms with Gasteiger partial charge in [0.1, 0.15) is 11.8 Å². The molecule has 0 fully saturated rings. The Labute approximate surface area is 156 Å². The van der Waals surface area contributed by atoms with Crippen molar-refractivity contribution < 1.29 is 24.2 Å². The number of hydrogen-bond acceptors (Lipinski definition) is 7. The molecule has 1 unspecified atom stereocenters. The Morgan fingerprint density at radius 1 is 1.37 bits per heavy atom. The van der Waals surface area contributed by atoms with Gasteiger partial charge in [0.2, 0.25) is 5.91 Å². The van der Waals surface area contributed by atoms with Crippen LogP contribution >= 0.6 is 0 Å². The first-order valence-electron chi connectivity index (χ1n) is 8.44. The highest BCUT2D eigenvalue weighted by Gasteiger charge is 2.14. The van der Waals surface area contributed by atoms with E-state index >= 15 is 0 Å². The quantitative estimate of drug-likeness (QED) is 0.546. The van der Waals surface area contributed by atoms with Crippen LogP contribution in [0, 0.1) is 0 Å². The van der Waals surface area contributed by atoms with Gasteiger partial charge in [-0.3, -0.25) is 14.5 Å². The number of rotatable bonds is 11. The van der Waals surface area contributed by atoms with Crippen molar-refractivity contribution in [3.05, 3.63) is 41.5 Å². The lowest BCUT2D eigenvalue weighted by atomic mass is 10.2. The first-order chi connectivity index (χ1) is 13.0. The van der Waals surface area contributed by atoms with E-state index < -0.39 is 12.1 Å². The molecule has 2 N–H and O–H groups in total. The number of amides is 1. The van der Waals surface area contributed by atoms with E-state index in [2.05, 4.69) is 20.6 Å². The average Bonchev–Trinajstić information content (AvgIpc) is 3.12. The highest BCUT2D eigenvalue weighted by Crippen LogP contribution is 2.04. The molecule has 0 saturated heterocycles. The first kappa shape index (κ1) is 20.5. The number of carbonyl (C=O) groups is 2. The summed E-state index contributed by atoms with van der Waals surface area (Å²) in [5.41, 5.74) is 1.29. The van der Waals surface area contributed by atoms with Crippen LogP contribution in [0.2, 0.25) is 0 Å². The number of pyridine rings is 1. The van der Waals surface area contributed by atoms with Gasteiger partial charge in [0.25, 0.3) is 0 Å². The fraction of sp³-hybridized carbons (Fsp3) is 0.471. The minimum Gasteiger partial charge on any atom is -0.478 e. The molecule has 0 spiro atoms. The molecular weight excluding hydrogens is 354 g/mol. The number of hydrogen-bond donors (Lipinski definition) is 2. The first-order valence-corrected chi connectivity index (χ1v) is 8.44. The molecule has 1 amide bonds. The fourth-order valence-corrected chi connectivity index (χ4v) is 2.21. The average molecular weight is 377 g/mol. The summed E-state index contributed by atoms with van der Waals surface area (Å²) < 4.78 is 12.2. The highest BCUT2D eigenvalue weighted by molar-refractivity contribution is 5.87. The van der Waals surface area contributed by atoms with Crippen molar-refractivity contribution in [1.29, 1.82) is 0 Å². The highest BCUT2D eigenvalue weighted by atomic mass is 16.5. The molecule has 0 saturated carbocycles. The van der Waals surface area contributed by atoms with Crippen LogP contribution in [0.3, 0.4) is 0 Å². The Morgan fingerprint density at radius 2 is 2.19 bits per heavy atom. The number of carboxylic acid groups (broad SMARTS) is 1. The van der Waals surface area contributed by atoms with E-state index in [0.717, 1.165) is 6.42 Å². The summed E-state index contributed by atoms with van der Waals surface area (Å²) in [4.78, 5) is 26.9. The summed E-state index contributed by atoms with van der Waals surface area (Å²) in [6.45, 7) is 3.30. The van der Waals surface area contributed by atoms with Crippen LogP contribution in [0.4, 0.5) is 0 Å². The van der Waals surface area contributed by atoms with Crippen LogP contribution in [-0.4, -0.2) is 56.8 Å². The van der Waals surface area contributed by atoms with Crippen LogP contribution in [0.25, 0.3) is 0 Å². The van der Waals surface area contributed by atoms with Gasteiger partial charge in [0.15, 0.2) is 0 Å². The Balaban J connectivity index is 1.75. The summed E-state index contributed by atoms with van der Waals surface area (Å²) in [5, 5.41) is 19.6. The zero-order chi connectivity index (χ0) is 19.6. The summed E-state index contributed by atoms with van der Waals surface area (Å²) in [7, 11) is 1.65. The van der Waals surface area contributed by atoms with E-state index in [9.17, 15) is 9.59 Å². The molecule has 0 aromatic carbocycles. The Morgan fingerprint density at radius 3 is 2.93 bits per heavy atom. The Bertz CT molecular complexity index is 764. The lowest BCUT2D eigenvalue weighted by molar-refractivity contribution is -0.132. The number of carboxylic acids is 1. The molecule has 2 aromatic heterocycles. The van der Waals surface area contributed by atoms with Crippen LogP contribution in [0.1, 0.15) is 35.0 Å². The van der Waals surface area contributed by atoms with Crippen molar-refractivity contribution in [2.24, 2.45) is 0 Å². The summed E-state index contributed by atoms with van der Waals surface area (Å²) >= 11 is 0. The molecule has 0 radical (unpaired) electrons. The van der Waals surface area contributed by atoms with Crippen LogP contribution in [0.5, 0.6) is 0 Å². The molecule has 0 aliphatic heterocycles. The van der Waals surface area contributed by atoms with Gasteiger partial charge in [-0.2, -0.15) is 0 Å². The fourth-order valence-electron chi connectivity index (χ4n) is 2.21. The molecule has 27 heavy (non-hydrogen) atoms. The molecule has 10 heteroatoms. The molecular formula is C17H23N5O5. The number of aromatic carboxylic acids is 1. The normalized spacial score (nSPS) is 11.9. The summed E-state index contributed by atoms with van der Waals surface area (Å²) in [6, 6.07) is 1.46. The predicted octanol–water partition coefficient (Wildman–Crippen LogP) is 0.629. The zero-order valence-corrected chi connectivity index (χ0v) is 15.3. The smallest absolute Gasteiger partial charge is 0.337 e. The molecule has 146 valence electrons. The van der Waals surface area contributed by atoms with E-state index in [1.54, 1.807) is 24.9 Å². The zero-order valence-electron chi connectivity index (χ0n) is 15.3. The van der Waals surface area contributed by atoms with Gasteiger partial charge < -0.3 is 19.9 Å². The van der Waals surface area contributed by atoms with Gasteiger partial charge in [-0.25, -0.2) is 4.79 Å². The van der Waals surface area contributed by atoms with E-state index in [1.165, 1.54) is 18.5 Å². The number of nitrogens with one attached hydrogen (secondary N) is 1. The molecule has 0 bridgehead atoms. The molecule has 2 heterocycles. The molecule has 0 aliphatic rings. The van der Waals surface area contributed by atoms with E-state index in [-0.39, 0.29) is 24.6 Å². The third-order valence-corrected chi connectivity index (χ3v) is 3.68. The van der Waals surface area contributed by atoms with Crippen LogP contribution < -0.4 is 5.32 Å². The number of aryl methyl sites for hydroxylation is 1. The molecule has 2 aromatic rings. The lowest BCUT2D eigenvalue weighted by Gasteiger charge is -2.12. The van der Waals surface area contributed by atoms with Crippen molar-refractivity contribution in [3.8, 4) is 0 Å². The van der Waals surface area contributed by atoms with Gasteiger partial charge in [0.05, 0.1) is 18.4 Å². The van der Waals surface area contributed by atoms with Crippen molar-refractivity contribution in [3.63, 3.8) is 0 Å². The number of ether oxygens (including phenoxy) is 2. The number of nitrogens with zero attached hydrogens (tertiary/aromatic N) is 4. The van der Waals surface area contributed by atoms with Gasteiger partial charge in [-0.05, 0) is 25.0 Å². The molecule has 10 nitrogen and oxygen atoms in total. The molecule has 0 aliphatic carbocycles. The number of aromatic nitrogens is 4. The minimum atomic E-state index is -1.07. The van der Waals surface area contributed by atoms with Gasteiger partial charge in [0, 0.05) is 39.2 Å². The van der Waals surface area contributed by atoms with Crippen molar-refractivity contribution in [2.45, 2.75) is 39.1 Å². The van der Waals surface area contributed by atoms with Gasteiger partial charge >= 0.3 is 5.97 Å². The number of carbonyl (C=O) groups excluding carboxylic acids is 1. The van der Waals surface area contributed by atoms with Gasteiger partial charge in [-0.1, -0.05) is 5.21 Å². The third kappa shape index (κ3) is 6.76. The summed E-state index contributed by atoms with van der Waals surface area (Å²) in [5.74, 6) is -1.38. The topological polar surface area (TPSA) is 128 Å². The monoisotopic (exact) mass is 377 g/mol. The largest absolute Gasteiger partial charge is 0.478 e. The Hall–Kier alpha value is -2.85. The predicted molar refractivity (Wildman–Crippen MR) is 93.8 cm³/mol. The summed E-state index contributed by atoms with van der Waals surface area (Å²) in [6.07, 6.45) is 4.65.